The summed E-state index contributed by atoms with van der Waals surface area (Å²) in [7, 11) is 0. The van der Waals surface area contributed by atoms with Gasteiger partial charge in [0.1, 0.15) is 0 Å². The Labute approximate surface area is 131 Å². The Balaban J connectivity index is 0. The molecular weight excluding hydrogens is 300 g/mol. The van der Waals surface area contributed by atoms with Crippen LogP contribution in [0.4, 0.5) is 0 Å². The first kappa shape index (κ1) is 21.5. The first-order valence-electron chi connectivity index (χ1n) is 6.51. The third-order valence-corrected chi connectivity index (χ3v) is 2.36. The molecule has 0 unspecified atom stereocenters. The zero-order chi connectivity index (χ0) is 14.3. The van der Waals surface area contributed by atoms with Crippen LogP contribution in [0.15, 0.2) is 24.3 Å². The fourth-order valence-corrected chi connectivity index (χ4v) is 1.30. The van der Waals surface area contributed by atoms with Gasteiger partial charge in [0.2, 0.25) is 0 Å². The number of nitrogens with two attached hydrogens (primary N) is 3. The molecule has 1 aromatic carbocycles. The van der Waals surface area contributed by atoms with Crippen LogP contribution < -0.4 is 27.5 Å². The van der Waals surface area contributed by atoms with Crippen molar-refractivity contribution in [3.63, 3.8) is 0 Å². The first-order chi connectivity index (χ1) is 9.26. The van der Waals surface area contributed by atoms with Gasteiger partial charge in [-0.1, -0.05) is 12.1 Å². The molecule has 118 valence electrons. The third kappa shape index (κ3) is 12.2. The molecular formula is C13H26FeN4O2. The molecule has 0 aromatic heterocycles. The van der Waals surface area contributed by atoms with E-state index in [0.29, 0.717) is 0 Å². The number of phenolic OH excluding ortho intramolecular Hbond substituents is 1. The number of hydrogen-bond acceptors (Lipinski definition) is 6. The van der Waals surface area contributed by atoms with Crippen molar-refractivity contribution >= 4 is 0 Å². The Hall–Kier alpha value is -0.821. The normalized spacial score (nSPS) is 9.15. The maximum absolute atomic E-state index is 8.91. The quantitative estimate of drug-likeness (QED) is 0.266. The maximum Gasteiger partial charge on any atom is 0.188 e. The molecule has 7 heteroatoms. The Morgan fingerprint density at radius 1 is 1.00 bits per heavy atom. The summed E-state index contributed by atoms with van der Waals surface area (Å²) in [6.07, 6.45) is 3.37. The minimum atomic E-state index is 0. The average Bonchev–Trinajstić information content (AvgIpc) is 2.44. The van der Waals surface area contributed by atoms with E-state index in [4.69, 9.17) is 22.5 Å². The summed E-state index contributed by atoms with van der Waals surface area (Å²) in [6.45, 7) is 3.71. The zero-order valence-corrected chi connectivity index (χ0v) is 12.8. The fourth-order valence-electron chi connectivity index (χ4n) is 1.30. The van der Waals surface area contributed by atoms with Gasteiger partial charge < -0.3 is 26.7 Å². The second-order valence-electron chi connectivity index (χ2n) is 3.97. The van der Waals surface area contributed by atoms with Crippen LogP contribution in [0.3, 0.4) is 0 Å². The van der Waals surface area contributed by atoms with Gasteiger partial charge in [-0.05, 0) is 57.6 Å². The number of rotatable bonds is 8. The molecule has 0 radical (unpaired) electrons. The van der Waals surface area contributed by atoms with Gasteiger partial charge in [-0.15, -0.1) is 0 Å². The van der Waals surface area contributed by atoms with Crippen LogP contribution in [0.2, 0.25) is 0 Å². The molecule has 0 saturated carbocycles. The van der Waals surface area contributed by atoms with Gasteiger partial charge in [0.25, 0.3) is 0 Å². The van der Waals surface area contributed by atoms with Crippen molar-refractivity contribution in [1.29, 1.82) is 0 Å². The van der Waals surface area contributed by atoms with Crippen molar-refractivity contribution in [1.82, 2.24) is 5.32 Å². The van der Waals surface area contributed by atoms with Gasteiger partial charge in [0.05, 0.1) is 0 Å². The van der Waals surface area contributed by atoms with E-state index in [9.17, 15) is 0 Å². The standard InChI is InChI=1S/C7H19N3.C6H7NO2.Fe/c8-4-1-2-6-10-7-3-5-9;7-9-6-4-2-1-3-5(6)8;/h10H,1-9H2;1-4,8H,7H2;. The third-order valence-electron chi connectivity index (χ3n) is 2.36. The Morgan fingerprint density at radius 3 is 2.10 bits per heavy atom. The Kier molecular flexibility index (Phi) is 17.4. The maximum atomic E-state index is 8.91. The molecule has 0 atom stereocenters. The number of hydrogen-bond donors (Lipinski definition) is 5. The van der Waals surface area contributed by atoms with Crippen LogP contribution in [0.1, 0.15) is 19.3 Å². The molecule has 0 fully saturated rings. The molecule has 20 heavy (non-hydrogen) atoms. The van der Waals surface area contributed by atoms with Crippen molar-refractivity contribution in [2.75, 3.05) is 26.2 Å². The van der Waals surface area contributed by atoms with Gasteiger partial charge in [-0.3, -0.25) is 0 Å². The summed E-state index contributed by atoms with van der Waals surface area (Å²) in [6, 6.07) is 6.50. The molecule has 0 aliphatic heterocycles. The molecule has 0 aliphatic carbocycles. The van der Waals surface area contributed by atoms with Crippen molar-refractivity contribution in [3.8, 4) is 11.5 Å². The van der Waals surface area contributed by atoms with Gasteiger partial charge in [-0.2, -0.15) is 5.90 Å². The SMILES string of the molecule is NCCCCNCCCN.NOc1ccccc1O.[Fe]. The van der Waals surface area contributed by atoms with Gasteiger partial charge >= 0.3 is 0 Å². The number of phenols is 1. The molecule has 0 heterocycles. The summed E-state index contributed by atoms with van der Waals surface area (Å²) in [4.78, 5) is 4.29. The Bertz CT molecular complexity index is 308. The van der Waals surface area contributed by atoms with Crippen LogP contribution >= 0.6 is 0 Å². The zero-order valence-electron chi connectivity index (χ0n) is 11.7. The largest absolute Gasteiger partial charge is 0.504 e. The molecule has 0 amide bonds. The topological polar surface area (TPSA) is 120 Å². The number of aromatic hydroxyl groups is 1. The van der Waals surface area contributed by atoms with Gasteiger partial charge in [-0.25, -0.2) is 0 Å². The van der Waals surface area contributed by atoms with E-state index >= 15 is 0 Å². The average molecular weight is 326 g/mol. The van der Waals surface area contributed by atoms with E-state index in [0.717, 1.165) is 39.0 Å². The minimum absolute atomic E-state index is 0. The van der Waals surface area contributed by atoms with Crippen molar-refractivity contribution in [2.45, 2.75) is 19.3 Å². The van der Waals surface area contributed by atoms with Crippen molar-refractivity contribution in [2.24, 2.45) is 17.4 Å². The van der Waals surface area contributed by atoms with Gasteiger partial charge in [0.15, 0.2) is 11.5 Å². The van der Waals surface area contributed by atoms with E-state index in [1.54, 1.807) is 18.2 Å². The summed E-state index contributed by atoms with van der Waals surface area (Å²) < 4.78 is 0. The second-order valence-corrected chi connectivity index (χ2v) is 3.97. The number of benzene rings is 1. The van der Waals surface area contributed by atoms with Crippen LogP contribution in [-0.4, -0.2) is 31.3 Å². The smallest absolute Gasteiger partial charge is 0.188 e. The predicted octanol–water partition coefficient (Wildman–Crippen LogP) is 0.306. The number of nitrogens with one attached hydrogen (secondary N) is 1. The van der Waals surface area contributed by atoms with E-state index in [2.05, 4.69) is 10.2 Å². The van der Waals surface area contributed by atoms with E-state index in [-0.39, 0.29) is 28.6 Å². The molecule has 1 rings (SSSR count). The monoisotopic (exact) mass is 326 g/mol. The molecule has 8 N–H and O–H groups in total. The summed E-state index contributed by atoms with van der Waals surface area (Å²) in [5, 5.41) is 12.2. The summed E-state index contributed by atoms with van der Waals surface area (Å²) >= 11 is 0. The first-order valence-corrected chi connectivity index (χ1v) is 6.51. The van der Waals surface area contributed by atoms with Crippen LogP contribution in [0.25, 0.3) is 0 Å². The van der Waals surface area contributed by atoms with Crippen LogP contribution in [0.5, 0.6) is 11.5 Å². The number of para-hydroxylation sites is 2. The molecule has 0 spiro atoms. The Morgan fingerprint density at radius 2 is 1.60 bits per heavy atom. The number of unbranched alkanes of at least 4 members (excludes halogenated alkanes) is 1. The predicted molar refractivity (Wildman–Crippen MR) is 77.8 cm³/mol. The van der Waals surface area contributed by atoms with Crippen LogP contribution in [-0.2, 0) is 17.1 Å². The van der Waals surface area contributed by atoms with E-state index in [1.165, 1.54) is 12.5 Å². The van der Waals surface area contributed by atoms with Crippen molar-refractivity contribution < 1.29 is 27.0 Å². The summed E-state index contributed by atoms with van der Waals surface area (Å²) in [5.74, 6) is 5.14. The van der Waals surface area contributed by atoms with E-state index in [1.807, 2.05) is 0 Å². The molecule has 1 aromatic rings. The second kappa shape index (κ2) is 16.2. The van der Waals surface area contributed by atoms with E-state index < -0.39 is 0 Å². The summed E-state index contributed by atoms with van der Waals surface area (Å²) in [5.41, 5.74) is 10.6. The van der Waals surface area contributed by atoms with Crippen LogP contribution in [0, 0.1) is 0 Å². The van der Waals surface area contributed by atoms with Crippen molar-refractivity contribution in [3.05, 3.63) is 24.3 Å². The molecule has 0 saturated heterocycles. The molecule has 0 bridgehead atoms. The molecule has 0 aliphatic rings. The fraction of sp³-hybridized carbons (Fsp3) is 0.538. The minimum Gasteiger partial charge on any atom is -0.504 e. The molecule has 6 nitrogen and oxygen atoms in total. The van der Waals surface area contributed by atoms with Gasteiger partial charge in [0, 0.05) is 17.1 Å².